The lowest BCUT2D eigenvalue weighted by molar-refractivity contribution is 0.0954. The van der Waals surface area contributed by atoms with Crippen molar-refractivity contribution in [3.63, 3.8) is 0 Å². The Morgan fingerprint density at radius 2 is 2.05 bits per heavy atom. The summed E-state index contributed by atoms with van der Waals surface area (Å²) in [6, 6.07) is 15.8. The summed E-state index contributed by atoms with van der Waals surface area (Å²) in [7, 11) is 0. The van der Waals surface area contributed by atoms with Crippen molar-refractivity contribution in [2.75, 3.05) is 6.54 Å². The van der Waals surface area contributed by atoms with Gasteiger partial charge in [0.15, 0.2) is 0 Å². The average molecular weight is 343 g/mol. The van der Waals surface area contributed by atoms with E-state index in [1.54, 1.807) is 0 Å². The molecule has 0 bridgehead atoms. The van der Waals surface area contributed by atoms with Gasteiger partial charge in [-0.2, -0.15) is 0 Å². The predicted molar refractivity (Wildman–Crippen MR) is 88.5 cm³/mol. The summed E-state index contributed by atoms with van der Waals surface area (Å²) in [4.78, 5) is 15.2. The van der Waals surface area contributed by atoms with Gasteiger partial charge in [-0.15, -0.1) is 0 Å². The van der Waals surface area contributed by atoms with E-state index in [1.165, 1.54) is 10.9 Å². The topological polar surface area (TPSA) is 44.9 Å². The van der Waals surface area contributed by atoms with Crippen molar-refractivity contribution in [3.8, 4) is 0 Å². The van der Waals surface area contributed by atoms with Gasteiger partial charge in [0, 0.05) is 28.3 Å². The standard InChI is InChI=1S/C17H15BrN2O/c18-15-3-1-2-14(11-15)17(21)20-8-6-12-4-5-16-13(10-12)7-9-19-16/h1-5,7,9-11,19H,6,8H2,(H,20,21). The van der Waals surface area contributed by atoms with Crippen LogP contribution in [0.3, 0.4) is 0 Å². The predicted octanol–water partition coefficient (Wildman–Crippen LogP) is 3.90. The fourth-order valence-electron chi connectivity index (χ4n) is 2.31. The number of rotatable bonds is 4. The zero-order valence-electron chi connectivity index (χ0n) is 11.4. The van der Waals surface area contributed by atoms with E-state index in [4.69, 9.17) is 0 Å². The van der Waals surface area contributed by atoms with Crippen molar-refractivity contribution in [3.05, 3.63) is 70.3 Å². The summed E-state index contributed by atoms with van der Waals surface area (Å²) in [6.45, 7) is 0.626. The number of hydrogen-bond donors (Lipinski definition) is 2. The van der Waals surface area contributed by atoms with Crippen molar-refractivity contribution >= 4 is 32.7 Å². The third kappa shape index (κ3) is 3.34. The first-order valence-corrected chi connectivity index (χ1v) is 7.61. The van der Waals surface area contributed by atoms with Crippen LogP contribution in [-0.4, -0.2) is 17.4 Å². The van der Waals surface area contributed by atoms with Crippen LogP contribution in [0.15, 0.2) is 59.2 Å². The smallest absolute Gasteiger partial charge is 0.251 e. The average Bonchev–Trinajstić information content (AvgIpc) is 2.94. The van der Waals surface area contributed by atoms with Crippen LogP contribution in [0, 0.1) is 0 Å². The number of halogens is 1. The number of carbonyl (C=O) groups is 1. The molecule has 3 nitrogen and oxygen atoms in total. The molecule has 1 aromatic heterocycles. The number of carbonyl (C=O) groups excluding carboxylic acids is 1. The molecule has 0 atom stereocenters. The zero-order chi connectivity index (χ0) is 14.7. The van der Waals surface area contributed by atoms with Gasteiger partial charge in [0.2, 0.25) is 0 Å². The van der Waals surface area contributed by atoms with Crippen LogP contribution in [0.2, 0.25) is 0 Å². The second-order valence-electron chi connectivity index (χ2n) is 4.92. The minimum Gasteiger partial charge on any atom is -0.361 e. The third-order valence-corrected chi connectivity index (χ3v) is 3.90. The maximum absolute atomic E-state index is 12.0. The van der Waals surface area contributed by atoms with Gasteiger partial charge in [-0.25, -0.2) is 0 Å². The fourth-order valence-corrected chi connectivity index (χ4v) is 2.71. The summed E-state index contributed by atoms with van der Waals surface area (Å²) in [5.41, 5.74) is 3.03. The lowest BCUT2D eigenvalue weighted by Gasteiger charge is -2.06. The number of aromatic nitrogens is 1. The number of nitrogens with one attached hydrogen (secondary N) is 2. The van der Waals surface area contributed by atoms with Gasteiger partial charge in [0.05, 0.1) is 0 Å². The molecule has 21 heavy (non-hydrogen) atoms. The van der Waals surface area contributed by atoms with Crippen molar-refractivity contribution < 1.29 is 4.79 Å². The van der Waals surface area contributed by atoms with Gasteiger partial charge in [0.1, 0.15) is 0 Å². The van der Waals surface area contributed by atoms with Gasteiger partial charge in [-0.3, -0.25) is 4.79 Å². The molecule has 3 rings (SSSR count). The normalized spacial score (nSPS) is 10.7. The number of amides is 1. The molecule has 106 valence electrons. The van der Waals surface area contributed by atoms with Crippen molar-refractivity contribution in [1.29, 1.82) is 0 Å². The Morgan fingerprint density at radius 1 is 1.14 bits per heavy atom. The monoisotopic (exact) mass is 342 g/mol. The molecule has 0 spiro atoms. The van der Waals surface area contributed by atoms with Crippen molar-refractivity contribution in [2.45, 2.75) is 6.42 Å². The Kier molecular flexibility index (Phi) is 4.06. The highest BCUT2D eigenvalue weighted by Gasteiger charge is 2.05. The Labute approximate surface area is 131 Å². The van der Waals surface area contributed by atoms with Gasteiger partial charge in [-0.05, 0) is 53.8 Å². The first kappa shape index (κ1) is 13.9. The molecule has 1 heterocycles. The van der Waals surface area contributed by atoms with Gasteiger partial charge in [0.25, 0.3) is 5.91 Å². The first-order valence-electron chi connectivity index (χ1n) is 6.82. The molecule has 1 amide bonds. The molecule has 0 unspecified atom stereocenters. The molecule has 0 aliphatic rings. The second-order valence-corrected chi connectivity index (χ2v) is 5.83. The zero-order valence-corrected chi connectivity index (χ0v) is 13.0. The number of aromatic amines is 1. The summed E-state index contributed by atoms with van der Waals surface area (Å²) in [5.74, 6) is -0.0426. The van der Waals surface area contributed by atoms with E-state index in [0.29, 0.717) is 12.1 Å². The fraction of sp³-hybridized carbons (Fsp3) is 0.118. The van der Waals surface area contributed by atoms with Crippen LogP contribution < -0.4 is 5.32 Å². The molecule has 0 aliphatic heterocycles. The molecule has 0 radical (unpaired) electrons. The molecule has 0 saturated heterocycles. The van der Waals surface area contributed by atoms with Gasteiger partial charge in [-0.1, -0.05) is 28.1 Å². The Morgan fingerprint density at radius 3 is 2.90 bits per heavy atom. The van der Waals surface area contributed by atoms with Gasteiger partial charge < -0.3 is 10.3 Å². The third-order valence-electron chi connectivity index (χ3n) is 3.40. The van der Waals surface area contributed by atoms with E-state index in [1.807, 2.05) is 30.5 Å². The quantitative estimate of drug-likeness (QED) is 0.741. The maximum Gasteiger partial charge on any atom is 0.251 e. The summed E-state index contributed by atoms with van der Waals surface area (Å²) >= 11 is 3.37. The maximum atomic E-state index is 12.0. The first-order chi connectivity index (χ1) is 10.2. The molecule has 2 N–H and O–H groups in total. The molecule has 0 aliphatic carbocycles. The van der Waals surface area contributed by atoms with Crippen LogP contribution in [0.25, 0.3) is 10.9 Å². The molecule has 3 aromatic rings. The Hall–Kier alpha value is -2.07. The van der Waals surface area contributed by atoms with Crippen LogP contribution in [-0.2, 0) is 6.42 Å². The highest BCUT2D eigenvalue weighted by molar-refractivity contribution is 9.10. The summed E-state index contributed by atoms with van der Waals surface area (Å²) in [6.07, 6.45) is 2.75. The van der Waals surface area contributed by atoms with E-state index in [9.17, 15) is 4.79 Å². The van der Waals surface area contributed by atoms with E-state index < -0.39 is 0 Å². The molecular weight excluding hydrogens is 328 g/mol. The Bertz CT molecular complexity index is 779. The van der Waals surface area contributed by atoms with E-state index in [2.05, 4.69) is 50.5 Å². The second kappa shape index (κ2) is 6.14. The number of benzene rings is 2. The summed E-state index contributed by atoms with van der Waals surface area (Å²) < 4.78 is 0.910. The molecule has 2 aromatic carbocycles. The Balaban J connectivity index is 1.59. The van der Waals surface area contributed by atoms with Crippen molar-refractivity contribution in [2.24, 2.45) is 0 Å². The minimum absolute atomic E-state index is 0.0426. The van der Waals surface area contributed by atoms with Crippen LogP contribution >= 0.6 is 15.9 Å². The number of hydrogen-bond acceptors (Lipinski definition) is 1. The molecular formula is C17H15BrN2O. The number of fused-ring (bicyclic) bond motifs is 1. The summed E-state index contributed by atoms with van der Waals surface area (Å²) in [5, 5.41) is 4.15. The van der Waals surface area contributed by atoms with E-state index in [0.717, 1.165) is 16.4 Å². The van der Waals surface area contributed by atoms with E-state index in [-0.39, 0.29) is 5.91 Å². The SMILES string of the molecule is O=C(NCCc1ccc2[nH]ccc2c1)c1cccc(Br)c1. The van der Waals surface area contributed by atoms with Crippen molar-refractivity contribution in [1.82, 2.24) is 10.3 Å². The number of H-pyrrole nitrogens is 1. The van der Waals surface area contributed by atoms with Crippen LogP contribution in [0.5, 0.6) is 0 Å². The highest BCUT2D eigenvalue weighted by Crippen LogP contribution is 2.14. The largest absolute Gasteiger partial charge is 0.361 e. The van der Waals surface area contributed by atoms with Gasteiger partial charge >= 0.3 is 0 Å². The lowest BCUT2D eigenvalue weighted by atomic mass is 10.1. The van der Waals surface area contributed by atoms with Crippen LogP contribution in [0.1, 0.15) is 15.9 Å². The minimum atomic E-state index is -0.0426. The highest BCUT2D eigenvalue weighted by atomic mass is 79.9. The molecule has 0 fully saturated rings. The van der Waals surface area contributed by atoms with Crippen LogP contribution in [0.4, 0.5) is 0 Å². The van der Waals surface area contributed by atoms with E-state index >= 15 is 0 Å². The lowest BCUT2D eigenvalue weighted by Crippen LogP contribution is -2.25. The molecule has 0 saturated carbocycles. The molecule has 4 heteroatoms.